The second-order valence-corrected chi connectivity index (χ2v) is 4.78. The van der Waals surface area contributed by atoms with Crippen molar-refractivity contribution in [1.82, 2.24) is 0 Å². The minimum atomic E-state index is -0.556. The predicted molar refractivity (Wildman–Crippen MR) is 76.6 cm³/mol. The van der Waals surface area contributed by atoms with E-state index in [9.17, 15) is 10.1 Å². The Hall–Kier alpha value is -2.09. The summed E-state index contributed by atoms with van der Waals surface area (Å²) in [7, 11) is 0. The van der Waals surface area contributed by atoms with Crippen LogP contribution in [0.2, 0.25) is 0 Å². The molecule has 1 unspecified atom stereocenters. The second kappa shape index (κ2) is 8.16. The topological polar surface area (TPSA) is 76.2 Å². The van der Waals surface area contributed by atoms with Crippen LogP contribution in [0.3, 0.4) is 0 Å². The minimum Gasteiger partial charge on any atom is -0.493 e. The van der Waals surface area contributed by atoms with Gasteiger partial charge in [0.1, 0.15) is 17.4 Å². The molecule has 1 rings (SSSR count). The van der Waals surface area contributed by atoms with Gasteiger partial charge in [0.2, 0.25) is 0 Å². The maximum Gasteiger partial charge on any atom is 0.290 e. The van der Waals surface area contributed by atoms with E-state index < -0.39 is 4.92 Å². The Morgan fingerprint density at radius 1 is 1.45 bits per heavy atom. The highest BCUT2D eigenvalue weighted by Crippen LogP contribution is 2.25. The van der Waals surface area contributed by atoms with Gasteiger partial charge in [-0.25, -0.2) is 0 Å². The summed E-state index contributed by atoms with van der Waals surface area (Å²) in [5, 5.41) is 19.7. The molecule has 0 saturated carbocycles. The molecule has 0 amide bonds. The number of nitro groups is 1. The predicted octanol–water partition coefficient (Wildman–Crippen LogP) is 4.06. The fourth-order valence-corrected chi connectivity index (χ4v) is 1.96. The van der Waals surface area contributed by atoms with Gasteiger partial charge in [-0.2, -0.15) is 5.26 Å². The van der Waals surface area contributed by atoms with Gasteiger partial charge in [0.15, 0.2) is 0 Å². The van der Waals surface area contributed by atoms with Crippen molar-refractivity contribution < 1.29 is 9.66 Å². The van der Waals surface area contributed by atoms with Crippen molar-refractivity contribution in [2.24, 2.45) is 5.92 Å². The van der Waals surface area contributed by atoms with E-state index in [0.29, 0.717) is 18.3 Å². The molecule has 0 bridgehead atoms. The molecular weight excluding hydrogens is 256 g/mol. The molecule has 0 saturated heterocycles. The van der Waals surface area contributed by atoms with Crippen LogP contribution in [0.4, 0.5) is 5.69 Å². The van der Waals surface area contributed by atoms with E-state index in [4.69, 9.17) is 10.00 Å². The van der Waals surface area contributed by atoms with Crippen molar-refractivity contribution >= 4 is 5.69 Å². The average Bonchev–Trinajstić information content (AvgIpc) is 2.47. The monoisotopic (exact) mass is 276 g/mol. The molecule has 1 atom stereocenters. The summed E-state index contributed by atoms with van der Waals surface area (Å²) in [6, 6.07) is 6.18. The van der Waals surface area contributed by atoms with Gasteiger partial charge in [-0.1, -0.05) is 33.1 Å². The molecule has 1 aromatic rings. The SMILES string of the molecule is CCCCC(CC)COc1ccc(C#N)c([N+](=O)[O-])c1. The van der Waals surface area contributed by atoms with Crippen LogP contribution < -0.4 is 4.74 Å². The third-order valence-electron chi connectivity index (χ3n) is 3.32. The number of hydrogen-bond donors (Lipinski definition) is 0. The summed E-state index contributed by atoms with van der Waals surface area (Å²) in [5.74, 6) is 0.912. The maximum atomic E-state index is 10.9. The Kier molecular flexibility index (Phi) is 6.51. The summed E-state index contributed by atoms with van der Waals surface area (Å²) in [4.78, 5) is 10.3. The molecule has 0 aromatic heterocycles. The minimum absolute atomic E-state index is 0.0559. The van der Waals surface area contributed by atoms with E-state index in [1.165, 1.54) is 12.1 Å². The number of nitriles is 1. The molecule has 0 spiro atoms. The van der Waals surface area contributed by atoms with Crippen molar-refractivity contribution in [2.75, 3.05) is 6.61 Å². The lowest BCUT2D eigenvalue weighted by molar-refractivity contribution is -0.385. The van der Waals surface area contributed by atoms with E-state index in [0.717, 1.165) is 25.7 Å². The van der Waals surface area contributed by atoms with E-state index in [2.05, 4.69) is 13.8 Å². The highest BCUT2D eigenvalue weighted by atomic mass is 16.6. The lowest BCUT2D eigenvalue weighted by Crippen LogP contribution is -2.11. The van der Waals surface area contributed by atoms with Gasteiger partial charge in [-0.15, -0.1) is 0 Å². The van der Waals surface area contributed by atoms with Crippen LogP contribution in [-0.4, -0.2) is 11.5 Å². The highest BCUT2D eigenvalue weighted by molar-refractivity contribution is 5.52. The first-order chi connectivity index (χ1) is 9.62. The van der Waals surface area contributed by atoms with Crippen LogP contribution in [0.5, 0.6) is 5.75 Å². The molecule has 0 fully saturated rings. The maximum absolute atomic E-state index is 10.9. The Balaban J connectivity index is 2.71. The summed E-state index contributed by atoms with van der Waals surface area (Å²) >= 11 is 0. The number of ether oxygens (including phenoxy) is 1. The second-order valence-electron chi connectivity index (χ2n) is 4.78. The smallest absolute Gasteiger partial charge is 0.290 e. The quantitative estimate of drug-likeness (QED) is 0.530. The zero-order valence-electron chi connectivity index (χ0n) is 12.0. The van der Waals surface area contributed by atoms with E-state index in [1.54, 1.807) is 6.07 Å². The Bertz CT molecular complexity index is 494. The third kappa shape index (κ3) is 4.54. The molecule has 0 aliphatic heterocycles. The third-order valence-corrected chi connectivity index (χ3v) is 3.32. The van der Waals surface area contributed by atoms with Gasteiger partial charge in [-0.05, 0) is 24.5 Å². The van der Waals surface area contributed by atoms with Gasteiger partial charge in [-0.3, -0.25) is 10.1 Å². The van der Waals surface area contributed by atoms with Crippen LogP contribution >= 0.6 is 0 Å². The van der Waals surface area contributed by atoms with Crippen molar-refractivity contribution in [3.63, 3.8) is 0 Å². The number of nitrogens with zero attached hydrogens (tertiary/aromatic N) is 2. The first-order valence-electron chi connectivity index (χ1n) is 6.93. The molecule has 0 heterocycles. The van der Waals surface area contributed by atoms with Gasteiger partial charge >= 0.3 is 0 Å². The molecule has 0 radical (unpaired) electrons. The number of nitro benzene ring substituents is 1. The Labute approximate surface area is 119 Å². The van der Waals surface area contributed by atoms with Crippen LogP contribution in [0.1, 0.15) is 45.1 Å². The fourth-order valence-electron chi connectivity index (χ4n) is 1.96. The van der Waals surface area contributed by atoms with Crippen molar-refractivity contribution in [3.05, 3.63) is 33.9 Å². The Morgan fingerprint density at radius 2 is 2.20 bits per heavy atom. The summed E-state index contributed by atoms with van der Waals surface area (Å²) < 4.78 is 5.63. The van der Waals surface area contributed by atoms with Crippen LogP contribution in [0.15, 0.2) is 18.2 Å². The van der Waals surface area contributed by atoms with Crippen molar-refractivity contribution in [1.29, 1.82) is 5.26 Å². The fraction of sp³-hybridized carbons (Fsp3) is 0.533. The lowest BCUT2D eigenvalue weighted by Gasteiger charge is -2.15. The number of benzene rings is 1. The molecule has 0 aliphatic carbocycles. The van der Waals surface area contributed by atoms with Crippen LogP contribution in [0.25, 0.3) is 0 Å². The van der Waals surface area contributed by atoms with Gasteiger partial charge < -0.3 is 4.74 Å². The average molecular weight is 276 g/mol. The molecular formula is C15H20N2O3. The number of hydrogen-bond acceptors (Lipinski definition) is 4. The first kappa shape index (κ1) is 16.0. The van der Waals surface area contributed by atoms with E-state index in [-0.39, 0.29) is 11.3 Å². The summed E-state index contributed by atoms with van der Waals surface area (Å²) in [6.07, 6.45) is 4.44. The van der Waals surface area contributed by atoms with Crippen LogP contribution in [0, 0.1) is 27.4 Å². The summed E-state index contributed by atoms with van der Waals surface area (Å²) in [5.41, 5.74) is -0.146. The first-order valence-corrected chi connectivity index (χ1v) is 6.93. The van der Waals surface area contributed by atoms with Gasteiger partial charge in [0.05, 0.1) is 17.6 Å². The standard InChI is InChI=1S/C15H20N2O3/c1-3-5-6-12(4-2)11-20-14-8-7-13(10-16)15(9-14)17(18)19/h7-9,12H,3-6,11H2,1-2H3. The molecule has 5 nitrogen and oxygen atoms in total. The molecule has 108 valence electrons. The normalized spacial score (nSPS) is 11.7. The van der Waals surface area contributed by atoms with Gasteiger partial charge in [0.25, 0.3) is 5.69 Å². The van der Waals surface area contributed by atoms with Crippen molar-refractivity contribution in [2.45, 2.75) is 39.5 Å². The molecule has 1 aromatic carbocycles. The Morgan fingerprint density at radius 3 is 2.75 bits per heavy atom. The molecule has 5 heteroatoms. The van der Waals surface area contributed by atoms with Gasteiger partial charge in [0, 0.05) is 0 Å². The zero-order valence-corrected chi connectivity index (χ0v) is 12.0. The van der Waals surface area contributed by atoms with Crippen LogP contribution in [-0.2, 0) is 0 Å². The van der Waals surface area contributed by atoms with E-state index in [1.807, 2.05) is 6.07 Å². The number of unbranched alkanes of at least 4 members (excludes halogenated alkanes) is 1. The van der Waals surface area contributed by atoms with Crippen molar-refractivity contribution in [3.8, 4) is 11.8 Å². The van der Waals surface area contributed by atoms with E-state index >= 15 is 0 Å². The largest absolute Gasteiger partial charge is 0.493 e. The molecule has 0 N–H and O–H groups in total. The highest BCUT2D eigenvalue weighted by Gasteiger charge is 2.15. The molecule has 20 heavy (non-hydrogen) atoms. The zero-order chi connectivity index (χ0) is 15.0. The molecule has 0 aliphatic rings. The lowest BCUT2D eigenvalue weighted by atomic mass is 10.0. The number of rotatable bonds is 8. The summed E-state index contributed by atoms with van der Waals surface area (Å²) in [6.45, 7) is 4.82.